The Labute approximate surface area is 284 Å². The summed E-state index contributed by atoms with van der Waals surface area (Å²) >= 11 is 0. The molecular formula is C42H42N6. The molecule has 0 aliphatic carbocycles. The molecule has 0 radical (unpaired) electrons. The van der Waals surface area contributed by atoms with Crippen molar-refractivity contribution in [2.24, 2.45) is 30.7 Å². The van der Waals surface area contributed by atoms with Crippen molar-refractivity contribution in [1.29, 1.82) is 0 Å². The molecule has 6 nitrogen and oxygen atoms in total. The lowest BCUT2D eigenvalue weighted by molar-refractivity contribution is 1.22. The van der Waals surface area contributed by atoms with Crippen molar-refractivity contribution in [3.8, 4) is 0 Å². The summed E-state index contributed by atoms with van der Waals surface area (Å²) in [5.41, 5.74) is 12.7. The average molecular weight is 631 g/mol. The summed E-state index contributed by atoms with van der Waals surface area (Å²) in [6.45, 7) is 12.3. The summed E-state index contributed by atoms with van der Waals surface area (Å²) in [5.74, 6) is 0. The van der Waals surface area contributed by atoms with Crippen molar-refractivity contribution in [3.05, 3.63) is 179 Å². The van der Waals surface area contributed by atoms with Gasteiger partial charge in [0.25, 0.3) is 0 Å². The summed E-state index contributed by atoms with van der Waals surface area (Å²) in [6, 6.07) is 48.0. The van der Waals surface area contributed by atoms with Gasteiger partial charge < -0.3 is 0 Å². The number of hydrogen-bond acceptors (Lipinski definition) is 6. The van der Waals surface area contributed by atoms with E-state index in [0.717, 1.165) is 34.1 Å². The lowest BCUT2D eigenvalue weighted by Gasteiger charge is -1.95. The summed E-state index contributed by atoms with van der Waals surface area (Å²) in [7, 11) is 0. The first kappa shape index (κ1) is 35.0. The van der Waals surface area contributed by atoms with E-state index in [0.29, 0.717) is 0 Å². The van der Waals surface area contributed by atoms with Crippen LogP contribution < -0.4 is 0 Å². The van der Waals surface area contributed by atoms with Crippen LogP contribution >= 0.6 is 0 Å². The van der Waals surface area contributed by atoms with Gasteiger partial charge in [-0.25, -0.2) is 0 Å². The maximum atomic E-state index is 4.17. The van der Waals surface area contributed by atoms with E-state index >= 15 is 0 Å². The molecule has 6 rings (SSSR count). The van der Waals surface area contributed by atoms with Crippen molar-refractivity contribution in [1.82, 2.24) is 0 Å². The minimum atomic E-state index is 0.881. The molecule has 0 heterocycles. The van der Waals surface area contributed by atoms with Crippen LogP contribution in [0.2, 0.25) is 0 Å². The van der Waals surface area contributed by atoms with E-state index in [9.17, 15) is 0 Å². The lowest BCUT2D eigenvalue weighted by Crippen LogP contribution is -1.69. The first-order valence-corrected chi connectivity index (χ1v) is 15.9. The zero-order chi connectivity index (χ0) is 34.1. The molecule has 0 amide bonds. The van der Waals surface area contributed by atoms with E-state index in [1.54, 1.807) is 0 Å². The smallest absolute Gasteiger partial charge is 0.0857 e. The Kier molecular flexibility index (Phi) is 13.3. The van der Waals surface area contributed by atoms with E-state index in [1.807, 2.05) is 146 Å². The maximum absolute atomic E-state index is 4.17. The van der Waals surface area contributed by atoms with Crippen molar-refractivity contribution in [2.75, 3.05) is 0 Å². The Bertz CT molecular complexity index is 1530. The van der Waals surface area contributed by atoms with E-state index in [2.05, 4.69) is 72.2 Å². The summed E-state index contributed by atoms with van der Waals surface area (Å²) in [5, 5.41) is 25.0. The van der Waals surface area contributed by atoms with E-state index in [1.165, 1.54) is 33.4 Å². The quantitative estimate of drug-likeness (QED) is 0.164. The van der Waals surface area contributed by atoms with E-state index in [-0.39, 0.29) is 0 Å². The van der Waals surface area contributed by atoms with Gasteiger partial charge >= 0.3 is 0 Å². The molecule has 0 fully saturated rings. The van der Waals surface area contributed by atoms with Crippen LogP contribution in [-0.4, -0.2) is 0 Å². The zero-order valence-corrected chi connectivity index (χ0v) is 28.5. The average Bonchev–Trinajstić information content (AvgIpc) is 3.10. The Morgan fingerprint density at radius 1 is 0.188 bits per heavy atom. The molecule has 0 saturated carbocycles. The normalized spacial score (nSPS) is 10.9. The number of aryl methyl sites for hydroxylation is 6. The Balaban J connectivity index is 0.000000163. The molecule has 0 aliphatic rings. The fourth-order valence-corrected chi connectivity index (χ4v) is 4.01. The highest BCUT2D eigenvalue weighted by Crippen LogP contribution is 2.21. The van der Waals surface area contributed by atoms with Crippen LogP contribution in [0.4, 0.5) is 34.1 Å². The number of benzene rings is 6. The molecule has 0 N–H and O–H groups in total. The second kappa shape index (κ2) is 18.3. The molecular weight excluding hydrogens is 589 g/mol. The van der Waals surface area contributed by atoms with Crippen LogP contribution in [0, 0.1) is 41.5 Å². The monoisotopic (exact) mass is 630 g/mol. The molecule has 0 unspecified atom stereocenters. The fraction of sp³-hybridized carbons (Fsp3) is 0.143. The standard InChI is InChI=1S/3C14H14N2/c3*1-11-3-7-13(8-4-11)15-16-14-9-5-12(2)6-10-14/h3*3-10H,1-2H3. The number of hydrogen-bond donors (Lipinski definition) is 0. The van der Waals surface area contributed by atoms with E-state index in [4.69, 9.17) is 0 Å². The Morgan fingerprint density at radius 3 is 0.396 bits per heavy atom. The summed E-state index contributed by atoms with van der Waals surface area (Å²) in [4.78, 5) is 0. The largest absolute Gasteiger partial charge is 0.151 e. The van der Waals surface area contributed by atoms with E-state index < -0.39 is 0 Å². The van der Waals surface area contributed by atoms with Gasteiger partial charge in [-0.05, 0) is 114 Å². The fourth-order valence-electron chi connectivity index (χ4n) is 4.01. The molecule has 48 heavy (non-hydrogen) atoms. The minimum absolute atomic E-state index is 0.881. The van der Waals surface area contributed by atoms with Gasteiger partial charge in [0.05, 0.1) is 34.1 Å². The molecule has 6 aromatic rings. The number of rotatable bonds is 6. The topological polar surface area (TPSA) is 74.2 Å². The van der Waals surface area contributed by atoms with Crippen LogP contribution in [0.1, 0.15) is 33.4 Å². The Hall–Kier alpha value is -5.88. The van der Waals surface area contributed by atoms with Gasteiger partial charge in [0.15, 0.2) is 0 Å². The highest BCUT2D eigenvalue weighted by atomic mass is 15.1. The van der Waals surface area contributed by atoms with Gasteiger partial charge in [0.2, 0.25) is 0 Å². The molecule has 6 aromatic carbocycles. The van der Waals surface area contributed by atoms with Gasteiger partial charge in [-0.2, -0.15) is 30.7 Å². The zero-order valence-electron chi connectivity index (χ0n) is 28.5. The SMILES string of the molecule is Cc1ccc(N=Nc2ccc(C)cc2)cc1.Cc1ccc(N=Nc2ccc(C)cc2)cc1.Cc1ccc(N=Nc2ccc(C)cc2)cc1. The highest BCUT2D eigenvalue weighted by Gasteiger charge is 1.93. The number of azo groups is 3. The van der Waals surface area contributed by atoms with Crippen molar-refractivity contribution in [3.63, 3.8) is 0 Å². The second-order valence-corrected chi connectivity index (χ2v) is 11.6. The maximum Gasteiger partial charge on any atom is 0.0857 e. The predicted molar refractivity (Wildman–Crippen MR) is 200 cm³/mol. The molecule has 0 bridgehead atoms. The lowest BCUT2D eigenvalue weighted by atomic mass is 10.2. The van der Waals surface area contributed by atoms with Gasteiger partial charge in [-0.15, -0.1) is 0 Å². The van der Waals surface area contributed by atoms with Crippen molar-refractivity contribution < 1.29 is 0 Å². The molecule has 0 aliphatic heterocycles. The molecule has 0 spiro atoms. The third kappa shape index (κ3) is 12.9. The first-order valence-electron chi connectivity index (χ1n) is 15.9. The van der Waals surface area contributed by atoms with Crippen LogP contribution in [-0.2, 0) is 0 Å². The van der Waals surface area contributed by atoms with Gasteiger partial charge in [-0.1, -0.05) is 106 Å². The molecule has 6 heteroatoms. The van der Waals surface area contributed by atoms with Crippen molar-refractivity contribution >= 4 is 34.1 Å². The van der Waals surface area contributed by atoms with Crippen LogP contribution in [0.5, 0.6) is 0 Å². The predicted octanol–water partition coefficient (Wildman–Crippen LogP) is 14.2. The van der Waals surface area contributed by atoms with Gasteiger partial charge in [-0.3, -0.25) is 0 Å². The highest BCUT2D eigenvalue weighted by molar-refractivity contribution is 5.44. The molecule has 0 atom stereocenters. The Morgan fingerprint density at radius 2 is 0.292 bits per heavy atom. The van der Waals surface area contributed by atoms with Crippen LogP contribution in [0.25, 0.3) is 0 Å². The summed E-state index contributed by atoms with van der Waals surface area (Å²) < 4.78 is 0. The third-order valence-corrected chi connectivity index (χ3v) is 7.05. The molecule has 0 aromatic heterocycles. The third-order valence-electron chi connectivity index (χ3n) is 7.05. The van der Waals surface area contributed by atoms with Gasteiger partial charge in [0, 0.05) is 0 Å². The minimum Gasteiger partial charge on any atom is -0.151 e. The molecule has 0 saturated heterocycles. The summed E-state index contributed by atoms with van der Waals surface area (Å²) in [6.07, 6.45) is 0. The second-order valence-electron chi connectivity index (χ2n) is 11.6. The number of nitrogens with zero attached hydrogens (tertiary/aromatic N) is 6. The first-order chi connectivity index (χ1) is 23.2. The van der Waals surface area contributed by atoms with Crippen molar-refractivity contribution in [2.45, 2.75) is 41.5 Å². The van der Waals surface area contributed by atoms with Crippen LogP contribution in [0.15, 0.2) is 176 Å². The molecule has 240 valence electrons. The van der Waals surface area contributed by atoms with Gasteiger partial charge in [0.1, 0.15) is 0 Å². The van der Waals surface area contributed by atoms with Crippen LogP contribution in [0.3, 0.4) is 0 Å².